The van der Waals surface area contributed by atoms with Crippen molar-refractivity contribution in [3.63, 3.8) is 0 Å². The number of benzene rings is 1. The van der Waals surface area contributed by atoms with Gasteiger partial charge in [0.1, 0.15) is 5.54 Å². The third-order valence-electron chi connectivity index (χ3n) is 6.80. The lowest BCUT2D eigenvalue weighted by atomic mass is 9.81. The predicted octanol–water partition coefficient (Wildman–Crippen LogP) is 4.84. The fourth-order valence-electron chi connectivity index (χ4n) is 4.71. The molecule has 2 saturated carbocycles. The summed E-state index contributed by atoms with van der Waals surface area (Å²) < 4.78 is 59.6. The number of fused-ring (bicyclic) bond motifs is 1. The smallest absolute Gasteiger partial charge is 0.269 e. The minimum absolute atomic E-state index is 0.0563. The van der Waals surface area contributed by atoms with Crippen LogP contribution in [-0.4, -0.2) is 28.5 Å². The van der Waals surface area contributed by atoms with Crippen LogP contribution in [0.1, 0.15) is 69.3 Å². The van der Waals surface area contributed by atoms with Crippen LogP contribution in [0.15, 0.2) is 29.2 Å². The molecule has 5 rings (SSSR count). The topological polar surface area (TPSA) is 81.8 Å². The molecule has 2 atom stereocenters. The van der Waals surface area contributed by atoms with Crippen LogP contribution in [0, 0.1) is 5.92 Å². The number of aromatic nitrogens is 4. The maximum absolute atomic E-state index is 13.5. The van der Waals surface area contributed by atoms with Gasteiger partial charge in [-0.1, -0.05) is 17.7 Å². The van der Waals surface area contributed by atoms with E-state index >= 15 is 0 Å². The summed E-state index contributed by atoms with van der Waals surface area (Å²) in [4.78, 5) is 13.2. The Balaban J connectivity index is 1.79. The van der Waals surface area contributed by atoms with E-state index in [4.69, 9.17) is 11.6 Å². The first-order valence-corrected chi connectivity index (χ1v) is 13.3. The number of rotatable bonds is 6. The van der Waals surface area contributed by atoms with Crippen molar-refractivity contribution in [2.75, 3.05) is 0 Å². The highest BCUT2D eigenvalue weighted by Gasteiger charge is 2.53. The molecule has 2 fully saturated rings. The number of aryl methyl sites for hydroxylation is 1. The molecule has 1 aromatic carbocycles. The molecule has 2 aromatic heterocycles. The largest absolute Gasteiger partial charge is 0.417 e. The lowest BCUT2D eigenvalue weighted by Crippen LogP contribution is -2.51. The average molecular weight is 542 g/mol. The zero-order valence-corrected chi connectivity index (χ0v) is 21.9. The first-order chi connectivity index (χ1) is 16.7. The van der Waals surface area contributed by atoms with E-state index in [0.29, 0.717) is 16.6 Å². The van der Waals surface area contributed by atoms with E-state index in [-0.39, 0.29) is 23.0 Å². The zero-order chi connectivity index (χ0) is 26.2. The van der Waals surface area contributed by atoms with Gasteiger partial charge in [0.2, 0.25) is 0 Å². The van der Waals surface area contributed by atoms with Gasteiger partial charge in [0.25, 0.3) is 5.56 Å². The fraction of sp³-hybridized carbons (Fsp3) is 0.542. The van der Waals surface area contributed by atoms with Crippen LogP contribution in [-0.2, 0) is 29.7 Å². The average Bonchev–Trinajstić information content (AvgIpc) is 3.68. The zero-order valence-electron chi connectivity index (χ0n) is 20.3. The quantitative estimate of drug-likeness (QED) is 0.484. The molecular weight excluding hydrogens is 515 g/mol. The summed E-state index contributed by atoms with van der Waals surface area (Å²) in [7, 11) is 0.0614. The van der Waals surface area contributed by atoms with Crippen LogP contribution in [0.4, 0.5) is 13.2 Å². The Morgan fingerprint density at radius 1 is 1.14 bits per heavy atom. The predicted molar refractivity (Wildman–Crippen MR) is 132 cm³/mol. The SMILES string of the molecule is Cn1nc2c(=O)n(C3CC3)ncc2c1C(NS(=O)C(C)(C)C)(c1ccc(C(F)(F)F)c(Cl)c1)C1CC1. The van der Waals surface area contributed by atoms with E-state index in [9.17, 15) is 22.2 Å². The maximum Gasteiger partial charge on any atom is 0.417 e. The number of nitrogens with zero attached hydrogens (tertiary/aromatic N) is 4. The van der Waals surface area contributed by atoms with Gasteiger partial charge in [0.15, 0.2) is 5.52 Å². The number of nitrogens with one attached hydrogen (secondary N) is 1. The molecule has 1 N–H and O–H groups in total. The number of hydrogen-bond acceptors (Lipinski definition) is 4. The van der Waals surface area contributed by atoms with Crippen molar-refractivity contribution in [2.45, 2.75) is 69.0 Å². The second-order valence-electron chi connectivity index (χ2n) is 10.6. The lowest BCUT2D eigenvalue weighted by molar-refractivity contribution is -0.137. The fourth-order valence-corrected chi connectivity index (χ4v) is 5.98. The summed E-state index contributed by atoms with van der Waals surface area (Å²) in [5.74, 6) is -0.110. The molecule has 2 unspecified atom stereocenters. The summed E-state index contributed by atoms with van der Waals surface area (Å²) in [6.07, 6.45) is 0.206. The van der Waals surface area contributed by atoms with Crippen LogP contribution >= 0.6 is 11.6 Å². The minimum Gasteiger partial charge on any atom is -0.269 e. The highest BCUT2D eigenvalue weighted by molar-refractivity contribution is 7.84. The van der Waals surface area contributed by atoms with Crippen LogP contribution < -0.4 is 10.3 Å². The van der Waals surface area contributed by atoms with Crippen LogP contribution in [0.5, 0.6) is 0 Å². The molecule has 0 aliphatic heterocycles. The number of hydrogen-bond donors (Lipinski definition) is 1. The van der Waals surface area contributed by atoms with E-state index in [1.165, 1.54) is 16.8 Å². The first-order valence-electron chi connectivity index (χ1n) is 11.8. The summed E-state index contributed by atoms with van der Waals surface area (Å²) >= 11 is 6.17. The molecule has 0 radical (unpaired) electrons. The molecule has 0 saturated heterocycles. The minimum atomic E-state index is -4.61. The molecule has 3 aromatic rings. The number of alkyl halides is 3. The van der Waals surface area contributed by atoms with Crippen molar-refractivity contribution >= 4 is 33.5 Å². The van der Waals surface area contributed by atoms with E-state index in [1.54, 1.807) is 17.9 Å². The molecule has 2 aliphatic rings. The van der Waals surface area contributed by atoms with E-state index in [1.807, 2.05) is 20.8 Å². The molecule has 7 nitrogen and oxygen atoms in total. The Labute approximate surface area is 213 Å². The Kier molecular flexibility index (Phi) is 5.92. The second-order valence-corrected chi connectivity index (χ2v) is 13.0. The van der Waals surface area contributed by atoms with Gasteiger partial charge in [-0.25, -0.2) is 13.6 Å². The summed E-state index contributed by atoms with van der Waals surface area (Å²) in [6, 6.07) is 3.67. The van der Waals surface area contributed by atoms with Crippen LogP contribution in [0.25, 0.3) is 10.9 Å². The Morgan fingerprint density at radius 2 is 1.81 bits per heavy atom. The molecule has 2 aliphatic carbocycles. The highest BCUT2D eigenvalue weighted by Crippen LogP contribution is 2.52. The summed E-state index contributed by atoms with van der Waals surface area (Å²) in [5.41, 5.74) is -1.30. The Hall–Kier alpha value is -2.24. The van der Waals surface area contributed by atoms with Crippen LogP contribution in [0.3, 0.4) is 0 Å². The third kappa shape index (κ3) is 4.18. The van der Waals surface area contributed by atoms with Crippen molar-refractivity contribution in [2.24, 2.45) is 13.0 Å². The van der Waals surface area contributed by atoms with Crippen molar-refractivity contribution < 1.29 is 17.4 Å². The van der Waals surface area contributed by atoms with Gasteiger partial charge in [-0.05, 0) is 70.1 Å². The monoisotopic (exact) mass is 541 g/mol. The standard InChI is InChI=1S/C24H27ClF3N5O2S/c1-22(2,3)36(35)31-23(13-5-6-13,14-7-10-17(18(25)11-14)24(26,27)28)20-16-12-29-33(15-8-9-15)21(34)19(16)30-32(20)4/h7,10-13,15,31H,5-6,8-9H2,1-4H3. The molecule has 12 heteroatoms. The van der Waals surface area contributed by atoms with Gasteiger partial charge in [-0.3, -0.25) is 9.48 Å². The maximum atomic E-state index is 13.5. The van der Waals surface area contributed by atoms with E-state index < -0.39 is 38.0 Å². The molecule has 2 heterocycles. The molecule has 0 amide bonds. The molecular formula is C24H27ClF3N5O2S. The Morgan fingerprint density at radius 3 is 2.33 bits per heavy atom. The van der Waals surface area contributed by atoms with Crippen molar-refractivity contribution in [3.05, 3.63) is 56.6 Å². The normalized spacial score (nSPS) is 19.4. The lowest BCUT2D eigenvalue weighted by Gasteiger charge is -2.38. The Bertz CT molecular complexity index is 1440. The second kappa shape index (κ2) is 8.39. The van der Waals surface area contributed by atoms with Gasteiger partial charge in [0.05, 0.1) is 49.6 Å². The van der Waals surface area contributed by atoms with Gasteiger partial charge in [-0.15, -0.1) is 0 Å². The van der Waals surface area contributed by atoms with E-state index in [2.05, 4.69) is 14.9 Å². The summed E-state index contributed by atoms with van der Waals surface area (Å²) in [5, 5.41) is 8.94. The molecule has 194 valence electrons. The van der Waals surface area contributed by atoms with Crippen LogP contribution in [0.2, 0.25) is 5.02 Å². The van der Waals surface area contributed by atoms with Gasteiger partial charge in [0, 0.05) is 7.05 Å². The molecule has 0 bridgehead atoms. The molecule has 36 heavy (non-hydrogen) atoms. The first kappa shape index (κ1) is 25.4. The number of halogens is 4. The van der Waals surface area contributed by atoms with Gasteiger partial charge < -0.3 is 0 Å². The van der Waals surface area contributed by atoms with E-state index in [0.717, 1.165) is 31.7 Å². The summed E-state index contributed by atoms with van der Waals surface area (Å²) in [6.45, 7) is 5.43. The van der Waals surface area contributed by atoms with Crippen molar-refractivity contribution in [1.29, 1.82) is 0 Å². The van der Waals surface area contributed by atoms with Crippen molar-refractivity contribution in [3.8, 4) is 0 Å². The highest BCUT2D eigenvalue weighted by atomic mass is 35.5. The molecule has 0 spiro atoms. The van der Waals surface area contributed by atoms with Crippen molar-refractivity contribution in [1.82, 2.24) is 24.3 Å². The van der Waals surface area contributed by atoms with Gasteiger partial charge >= 0.3 is 6.18 Å². The van der Waals surface area contributed by atoms with Gasteiger partial charge in [-0.2, -0.15) is 23.4 Å². The third-order valence-corrected chi connectivity index (χ3v) is 8.73.